The summed E-state index contributed by atoms with van der Waals surface area (Å²) in [5.74, 6) is 0.369. The van der Waals surface area contributed by atoms with Crippen LogP contribution in [0.15, 0.2) is 48.5 Å². The molecule has 102 valence electrons. The van der Waals surface area contributed by atoms with Crippen LogP contribution in [0, 0.1) is 10.1 Å². The Hall–Kier alpha value is -2.60. The van der Waals surface area contributed by atoms with E-state index in [0.717, 1.165) is 6.07 Å². The molecular formula is C13H9ClN2O4. The molecule has 0 heterocycles. The number of halogens is 1. The predicted octanol–water partition coefficient (Wildman–Crippen LogP) is 3.86. The number of amides is 1. The van der Waals surface area contributed by atoms with Crippen LogP contribution >= 0.6 is 11.6 Å². The van der Waals surface area contributed by atoms with Gasteiger partial charge in [-0.15, -0.1) is 0 Å². The Bertz CT molecular complexity index is 646. The van der Waals surface area contributed by atoms with Gasteiger partial charge in [0.1, 0.15) is 10.8 Å². The van der Waals surface area contributed by atoms with Crippen molar-refractivity contribution in [1.29, 1.82) is 0 Å². The molecule has 0 spiro atoms. The molecule has 6 nitrogen and oxygen atoms in total. The second-order valence-corrected chi connectivity index (χ2v) is 4.16. The number of rotatable bonds is 3. The molecule has 0 aliphatic rings. The van der Waals surface area contributed by atoms with Crippen molar-refractivity contribution in [3.05, 3.63) is 63.7 Å². The summed E-state index contributed by atoms with van der Waals surface area (Å²) in [6.45, 7) is 0. The van der Waals surface area contributed by atoms with E-state index in [-0.39, 0.29) is 16.4 Å². The van der Waals surface area contributed by atoms with E-state index >= 15 is 0 Å². The van der Waals surface area contributed by atoms with Crippen LogP contribution in [-0.2, 0) is 0 Å². The third-order valence-corrected chi connectivity index (χ3v) is 2.66. The molecule has 2 rings (SSSR count). The minimum Gasteiger partial charge on any atom is -0.410 e. The van der Waals surface area contributed by atoms with Gasteiger partial charge in [0.15, 0.2) is 0 Å². The number of carbonyl (C=O) groups excluding carboxylic acids is 1. The van der Waals surface area contributed by atoms with E-state index in [1.54, 1.807) is 30.3 Å². The first kappa shape index (κ1) is 13.8. The molecule has 0 saturated carbocycles. The van der Waals surface area contributed by atoms with Crippen molar-refractivity contribution in [2.24, 2.45) is 0 Å². The minimum atomic E-state index is -0.743. The largest absolute Gasteiger partial charge is 0.417 e. The highest BCUT2D eigenvalue weighted by atomic mass is 35.5. The van der Waals surface area contributed by atoms with E-state index in [9.17, 15) is 14.9 Å². The number of carbonyl (C=O) groups is 1. The van der Waals surface area contributed by atoms with Crippen molar-refractivity contribution in [3.8, 4) is 5.75 Å². The summed E-state index contributed by atoms with van der Waals surface area (Å²) in [7, 11) is 0. The van der Waals surface area contributed by atoms with Crippen LogP contribution < -0.4 is 10.1 Å². The number of ether oxygens (including phenoxy) is 1. The molecule has 0 fully saturated rings. The van der Waals surface area contributed by atoms with Gasteiger partial charge >= 0.3 is 6.09 Å². The first-order valence-corrected chi connectivity index (χ1v) is 5.92. The summed E-state index contributed by atoms with van der Waals surface area (Å²) in [5.41, 5.74) is -0.0637. The van der Waals surface area contributed by atoms with Crippen LogP contribution in [0.5, 0.6) is 5.75 Å². The first-order chi connectivity index (χ1) is 9.56. The van der Waals surface area contributed by atoms with Crippen molar-refractivity contribution >= 4 is 29.1 Å². The monoisotopic (exact) mass is 292 g/mol. The fourth-order valence-electron chi connectivity index (χ4n) is 1.47. The number of nitrogens with one attached hydrogen (secondary N) is 1. The molecule has 2 aromatic carbocycles. The molecule has 0 saturated heterocycles. The number of nitrogens with zero attached hydrogens (tertiary/aromatic N) is 1. The molecule has 0 radical (unpaired) electrons. The van der Waals surface area contributed by atoms with Gasteiger partial charge < -0.3 is 4.74 Å². The Morgan fingerprint density at radius 3 is 2.55 bits per heavy atom. The Kier molecular flexibility index (Phi) is 4.17. The van der Waals surface area contributed by atoms with Gasteiger partial charge in [0, 0.05) is 6.07 Å². The smallest absolute Gasteiger partial charge is 0.410 e. The lowest BCUT2D eigenvalue weighted by Crippen LogP contribution is -2.16. The quantitative estimate of drug-likeness (QED) is 0.688. The molecule has 1 N–H and O–H groups in total. The fourth-order valence-corrected chi connectivity index (χ4v) is 1.66. The number of anilines is 1. The second kappa shape index (κ2) is 6.03. The van der Waals surface area contributed by atoms with Crippen LogP contribution in [0.2, 0.25) is 5.02 Å². The van der Waals surface area contributed by atoms with E-state index < -0.39 is 11.0 Å². The lowest BCUT2D eigenvalue weighted by molar-refractivity contribution is -0.384. The summed E-state index contributed by atoms with van der Waals surface area (Å²) >= 11 is 5.67. The number of para-hydroxylation sites is 1. The standard InChI is InChI=1S/C13H9ClN2O4/c14-11-7-6-9(8-12(11)16(18)19)15-13(17)20-10-4-2-1-3-5-10/h1-8H,(H,15,17). The molecule has 0 aromatic heterocycles. The van der Waals surface area contributed by atoms with Crippen LogP contribution in [0.3, 0.4) is 0 Å². The summed E-state index contributed by atoms with van der Waals surface area (Å²) in [6, 6.07) is 12.4. The van der Waals surface area contributed by atoms with Gasteiger partial charge in [-0.2, -0.15) is 0 Å². The van der Waals surface area contributed by atoms with Crippen LogP contribution in [0.1, 0.15) is 0 Å². The zero-order chi connectivity index (χ0) is 14.5. The average Bonchev–Trinajstić information content (AvgIpc) is 2.41. The maximum atomic E-state index is 11.6. The Labute approximate surface area is 119 Å². The van der Waals surface area contributed by atoms with Gasteiger partial charge in [-0.25, -0.2) is 4.79 Å². The minimum absolute atomic E-state index is 0.00280. The van der Waals surface area contributed by atoms with Gasteiger partial charge in [-0.3, -0.25) is 15.4 Å². The Morgan fingerprint density at radius 1 is 1.20 bits per heavy atom. The molecule has 0 aliphatic carbocycles. The molecule has 7 heteroatoms. The van der Waals surface area contributed by atoms with E-state index in [1.165, 1.54) is 12.1 Å². The molecule has 1 amide bonds. The van der Waals surface area contributed by atoms with Crippen molar-refractivity contribution in [3.63, 3.8) is 0 Å². The highest BCUT2D eigenvalue weighted by Crippen LogP contribution is 2.27. The van der Waals surface area contributed by atoms with Crippen LogP contribution in [0.25, 0.3) is 0 Å². The maximum Gasteiger partial charge on any atom is 0.417 e. The molecule has 0 unspecified atom stereocenters. The lowest BCUT2D eigenvalue weighted by Gasteiger charge is -2.06. The molecule has 0 bridgehead atoms. The SMILES string of the molecule is O=C(Nc1ccc(Cl)c([N+](=O)[O-])c1)Oc1ccccc1. The first-order valence-electron chi connectivity index (χ1n) is 5.54. The lowest BCUT2D eigenvalue weighted by atomic mass is 10.3. The van der Waals surface area contributed by atoms with Gasteiger partial charge in [-0.1, -0.05) is 29.8 Å². The highest BCUT2D eigenvalue weighted by molar-refractivity contribution is 6.32. The van der Waals surface area contributed by atoms with E-state index in [1.807, 2.05) is 0 Å². The van der Waals surface area contributed by atoms with Crippen LogP contribution in [0.4, 0.5) is 16.2 Å². The average molecular weight is 293 g/mol. The molecule has 2 aromatic rings. The zero-order valence-electron chi connectivity index (χ0n) is 10.1. The highest BCUT2D eigenvalue weighted by Gasteiger charge is 2.14. The third-order valence-electron chi connectivity index (χ3n) is 2.34. The normalized spacial score (nSPS) is 9.85. The van der Waals surface area contributed by atoms with Crippen molar-refractivity contribution in [2.75, 3.05) is 5.32 Å². The van der Waals surface area contributed by atoms with Gasteiger partial charge in [-0.05, 0) is 24.3 Å². The number of hydrogen-bond acceptors (Lipinski definition) is 4. The predicted molar refractivity (Wildman–Crippen MR) is 74.2 cm³/mol. The van der Waals surface area contributed by atoms with E-state index in [2.05, 4.69) is 5.32 Å². The van der Waals surface area contributed by atoms with Crippen LogP contribution in [-0.4, -0.2) is 11.0 Å². The summed E-state index contributed by atoms with van der Waals surface area (Å²) in [6.07, 6.45) is -0.743. The molecule has 0 aliphatic heterocycles. The summed E-state index contributed by atoms with van der Waals surface area (Å²) in [4.78, 5) is 21.7. The summed E-state index contributed by atoms with van der Waals surface area (Å²) < 4.78 is 5.00. The number of nitro benzene ring substituents is 1. The van der Waals surface area contributed by atoms with Crippen molar-refractivity contribution in [1.82, 2.24) is 0 Å². The number of nitro groups is 1. The molecule has 0 atom stereocenters. The van der Waals surface area contributed by atoms with E-state index in [0.29, 0.717) is 5.75 Å². The van der Waals surface area contributed by atoms with E-state index in [4.69, 9.17) is 16.3 Å². The number of hydrogen-bond donors (Lipinski definition) is 1. The summed E-state index contributed by atoms with van der Waals surface area (Å²) in [5, 5.41) is 13.1. The van der Waals surface area contributed by atoms with Crippen molar-refractivity contribution < 1.29 is 14.5 Å². The third kappa shape index (κ3) is 3.46. The fraction of sp³-hybridized carbons (Fsp3) is 0. The second-order valence-electron chi connectivity index (χ2n) is 3.75. The van der Waals surface area contributed by atoms with Gasteiger partial charge in [0.2, 0.25) is 0 Å². The van der Waals surface area contributed by atoms with Crippen molar-refractivity contribution in [2.45, 2.75) is 0 Å². The van der Waals surface area contributed by atoms with Gasteiger partial charge in [0.25, 0.3) is 5.69 Å². The number of benzene rings is 2. The molecular weight excluding hydrogens is 284 g/mol. The Balaban J connectivity index is 2.08. The Morgan fingerprint density at radius 2 is 1.90 bits per heavy atom. The maximum absolute atomic E-state index is 11.6. The zero-order valence-corrected chi connectivity index (χ0v) is 10.8. The molecule has 20 heavy (non-hydrogen) atoms. The van der Waals surface area contributed by atoms with Gasteiger partial charge in [0.05, 0.1) is 10.6 Å². The topological polar surface area (TPSA) is 81.5 Å².